The summed E-state index contributed by atoms with van der Waals surface area (Å²) in [6, 6.07) is 5.49. The summed E-state index contributed by atoms with van der Waals surface area (Å²) < 4.78 is 5.07. The van der Waals surface area contributed by atoms with Crippen molar-refractivity contribution >= 4 is 11.3 Å². The standard InChI is InChI=1S/C8H6O2S/c9-6-4-7(10-5-6)8-2-1-3-11-8/h1-5,9H. The third kappa shape index (κ3) is 1.14. The Hall–Kier alpha value is -1.22. The van der Waals surface area contributed by atoms with Crippen LogP contribution >= 0.6 is 11.3 Å². The van der Waals surface area contributed by atoms with Gasteiger partial charge in [0.1, 0.15) is 12.0 Å². The minimum absolute atomic E-state index is 0.174. The van der Waals surface area contributed by atoms with Crippen molar-refractivity contribution in [3.8, 4) is 16.4 Å². The van der Waals surface area contributed by atoms with E-state index in [0.29, 0.717) is 0 Å². The number of rotatable bonds is 1. The van der Waals surface area contributed by atoms with Crippen LogP contribution in [0.4, 0.5) is 0 Å². The van der Waals surface area contributed by atoms with E-state index in [1.807, 2.05) is 17.5 Å². The second-order valence-corrected chi connectivity index (χ2v) is 3.09. The van der Waals surface area contributed by atoms with E-state index in [0.717, 1.165) is 10.6 Å². The molecule has 0 aliphatic rings. The van der Waals surface area contributed by atoms with E-state index in [2.05, 4.69) is 0 Å². The fourth-order valence-electron chi connectivity index (χ4n) is 0.874. The van der Waals surface area contributed by atoms with Gasteiger partial charge in [0.05, 0.1) is 4.88 Å². The quantitative estimate of drug-likeness (QED) is 0.706. The van der Waals surface area contributed by atoms with Crippen LogP contribution in [0.1, 0.15) is 0 Å². The summed E-state index contributed by atoms with van der Waals surface area (Å²) in [5, 5.41) is 10.9. The van der Waals surface area contributed by atoms with Gasteiger partial charge in [0, 0.05) is 6.07 Å². The first-order chi connectivity index (χ1) is 5.36. The van der Waals surface area contributed by atoms with Gasteiger partial charge in [-0.15, -0.1) is 11.3 Å². The Morgan fingerprint density at radius 2 is 2.36 bits per heavy atom. The number of furan rings is 1. The molecule has 0 aliphatic carbocycles. The normalized spacial score (nSPS) is 10.2. The molecule has 0 spiro atoms. The molecule has 0 amide bonds. The Labute approximate surface area is 67.7 Å². The van der Waals surface area contributed by atoms with Crippen LogP contribution in [0.25, 0.3) is 10.6 Å². The maximum Gasteiger partial charge on any atom is 0.154 e. The van der Waals surface area contributed by atoms with Crippen molar-refractivity contribution in [1.29, 1.82) is 0 Å². The van der Waals surface area contributed by atoms with Gasteiger partial charge < -0.3 is 9.52 Å². The van der Waals surface area contributed by atoms with Crippen LogP contribution in [0.2, 0.25) is 0 Å². The molecular weight excluding hydrogens is 160 g/mol. The van der Waals surface area contributed by atoms with Gasteiger partial charge in [0.15, 0.2) is 5.75 Å². The lowest BCUT2D eigenvalue weighted by Crippen LogP contribution is -1.59. The minimum atomic E-state index is 0.174. The minimum Gasteiger partial charge on any atom is -0.505 e. The van der Waals surface area contributed by atoms with Gasteiger partial charge in [-0.25, -0.2) is 0 Å². The third-order valence-corrected chi connectivity index (χ3v) is 2.23. The molecule has 1 N–H and O–H groups in total. The average Bonchev–Trinajstić information content (AvgIpc) is 2.55. The van der Waals surface area contributed by atoms with Crippen LogP contribution in [0.5, 0.6) is 5.75 Å². The lowest BCUT2D eigenvalue weighted by molar-refractivity contribution is 0.459. The molecule has 2 rings (SSSR count). The lowest BCUT2D eigenvalue weighted by atomic mass is 10.4. The molecule has 3 heteroatoms. The SMILES string of the molecule is Oc1coc(-c2cccs2)c1. The maximum absolute atomic E-state index is 8.96. The molecule has 0 radical (unpaired) electrons. The van der Waals surface area contributed by atoms with Crippen molar-refractivity contribution in [3.63, 3.8) is 0 Å². The molecule has 0 aromatic carbocycles. The molecule has 0 saturated heterocycles. The highest BCUT2D eigenvalue weighted by Crippen LogP contribution is 2.28. The Bertz CT molecular complexity index is 335. The Balaban J connectivity index is 2.45. The monoisotopic (exact) mass is 166 g/mol. The van der Waals surface area contributed by atoms with E-state index in [1.54, 1.807) is 17.4 Å². The highest BCUT2D eigenvalue weighted by Gasteiger charge is 2.02. The van der Waals surface area contributed by atoms with Gasteiger partial charge in [-0.05, 0) is 11.4 Å². The van der Waals surface area contributed by atoms with E-state index < -0.39 is 0 Å². The molecule has 2 nitrogen and oxygen atoms in total. The summed E-state index contributed by atoms with van der Waals surface area (Å²) in [5.74, 6) is 0.894. The molecule has 0 aliphatic heterocycles. The molecule has 0 bridgehead atoms. The first kappa shape index (κ1) is 6.49. The van der Waals surface area contributed by atoms with Gasteiger partial charge in [0.25, 0.3) is 0 Å². The van der Waals surface area contributed by atoms with Crippen LogP contribution in [-0.2, 0) is 0 Å². The third-order valence-electron chi connectivity index (χ3n) is 1.35. The first-order valence-electron chi connectivity index (χ1n) is 3.17. The van der Waals surface area contributed by atoms with Crippen LogP contribution in [0.15, 0.2) is 34.3 Å². The average molecular weight is 166 g/mol. The topological polar surface area (TPSA) is 33.4 Å². The second kappa shape index (κ2) is 2.43. The summed E-state index contributed by atoms with van der Waals surface area (Å²) in [4.78, 5) is 1.03. The fourth-order valence-corrected chi connectivity index (χ4v) is 1.56. The van der Waals surface area contributed by atoms with Crippen molar-refractivity contribution in [3.05, 3.63) is 29.8 Å². The Kier molecular flexibility index (Phi) is 1.43. The molecule has 0 unspecified atom stereocenters. The molecule has 0 fully saturated rings. The van der Waals surface area contributed by atoms with E-state index in [4.69, 9.17) is 9.52 Å². The molecule has 2 aromatic rings. The zero-order valence-electron chi connectivity index (χ0n) is 5.65. The zero-order valence-corrected chi connectivity index (χ0v) is 6.47. The summed E-state index contributed by atoms with van der Waals surface area (Å²) >= 11 is 1.58. The van der Waals surface area contributed by atoms with E-state index in [-0.39, 0.29) is 5.75 Å². The van der Waals surface area contributed by atoms with E-state index >= 15 is 0 Å². The van der Waals surface area contributed by atoms with Gasteiger partial charge in [0.2, 0.25) is 0 Å². The predicted octanol–water partition coefficient (Wildman–Crippen LogP) is 2.71. The second-order valence-electron chi connectivity index (χ2n) is 2.15. The summed E-state index contributed by atoms with van der Waals surface area (Å²) in [6.07, 6.45) is 1.33. The number of thiophene rings is 1. The molecule has 2 heterocycles. The molecular formula is C8H6O2S. The number of aromatic hydroxyl groups is 1. The molecule has 0 atom stereocenters. The van der Waals surface area contributed by atoms with Crippen LogP contribution < -0.4 is 0 Å². The van der Waals surface area contributed by atoms with Gasteiger partial charge in [-0.3, -0.25) is 0 Å². The van der Waals surface area contributed by atoms with Crippen molar-refractivity contribution in [2.24, 2.45) is 0 Å². The molecule has 56 valence electrons. The largest absolute Gasteiger partial charge is 0.505 e. The number of hydrogen-bond acceptors (Lipinski definition) is 3. The van der Waals surface area contributed by atoms with Crippen LogP contribution in [-0.4, -0.2) is 5.11 Å². The number of hydrogen-bond donors (Lipinski definition) is 1. The van der Waals surface area contributed by atoms with Crippen molar-refractivity contribution in [1.82, 2.24) is 0 Å². The smallest absolute Gasteiger partial charge is 0.154 e. The summed E-state index contributed by atoms with van der Waals surface area (Å²) in [6.45, 7) is 0. The predicted molar refractivity (Wildman–Crippen MR) is 43.7 cm³/mol. The summed E-state index contributed by atoms with van der Waals surface area (Å²) in [5.41, 5.74) is 0. The van der Waals surface area contributed by atoms with E-state index in [9.17, 15) is 0 Å². The molecule has 11 heavy (non-hydrogen) atoms. The van der Waals surface area contributed by atoms with Gasteiger partial charge in [-0.1, -0.05) is 6.07 Å². The fraction of sp³-hybridized carbons (Fsp3) is 0. The molecule has 0 saturated carbocycles. The highest BCUT2D eigenvalue weighted by molar-refractivity contribution is 7.13. The Morgan fingerprint density at radius 1 is 1.45 bits per heavy atom. The highest BCUT2D eigenvalue weighted by atomic mass is 32.1. The lowest BCUT2D eigenvalue weighted by Gasteiger charge is -1.84. The van der Waals surface area contributed by atoms with Crippen molar-refractivity contribution in [2.75, 3.05) is 0 Å². The zero-order chi connectivity index (χ0) is 7.68. The van der Waals surface area contributed by atoms with Gasteiger partial charge >= 0.3 is 0 Å². The summed E-state index contributed by atoms with van der Waals surface area (Å²) in [7, 11) is 0. The van der Waals surface area contributed by atoms with Crippen molar-refractivity contribution < 1.29 is 9.52 Å². The van der Waals surface area contributed by atoms with Crippen LogP contribution in [0, 0.1) is 0 Å². The van der Waals surface area contributed by atoms with Gasteiger partial charge in [-0.2, -0.15) is 0 Å². The molecule has 2 aromatic heterocycles. The van der Waals surface area contributed by atoms with Crippen molar-refractivity contribution in [2.45, 2.75) is 0 Å². The Morgan fingerprint density at radius 3 is 2.91 bits per heavy atom. The maximum atomic E-state index is 8.96. The van der Waals surface area contributed by atoms with E-state index in [1.165, 1.54) is 6.26 Å². The van der Waals surface area contributed by atoms with Crippen LogP contribution in [0.3, 0.4) is 0 Å². The first-order valence-corrected chi connectivity index (χ1v) is 4.05.